The fourth-order valence-electron chi connectivity index (χ4n) is 1.56. The van der Waals surface area contributed by atoms with E-state index in [0.717, 1.165) is 12.1 Å². The van der Waals surface area contributed by atoms with Gasteiger partial charge in [-0.15, -0.1) is 0 Å². The summed E-state index contributed by atoms with van der Waals surface area (Å²) in [6.45, 7) is 0. The van der Waals surface area contributed by atoms with Gasteiger partial charge in [0.15, 0.2) is 0 Å². The average molecular weight is 330 g/mol. The van der Waals surface area contributed by atoms with Crippen molar-refractivity contribution < 1.29 is 33.0 Å². The molecule has 1 rings (SSSR count). The second-order valence-corrected chi connectivity index (χ2v) is 5.93. The third-order valence-electron chi connectivity index (χ3n) is 2.70. The first-order valence-electron chi connectivity index (χ1n) is 5.99. The van der Waals surface area contributed by atoms with E-state index in [1.165, 1.54) is 12.1 Å². The number of nitrogens with two attached hydrogens (primary N) is 1. The van der Waals surface area contributed by atoms with Gasteiger partial charge in [0, 0.05) is 12.0 Å². The number of carbonyl (C=O) groups excluding carboxylic acids is 1. The first kappa shape index (κ1) is 17.6. The van der Waals surface area contributed by atoms with E-state index < -0.39 is 40.3 Å². The van der Waals surface area contributed by atoms with E-state index >= 15 is 0 Å². The maximum absolute atomic E-state index is 11.9. The summed E-state index contributed by atoms with van der Waals surface area (Å²) in [7, 11) is -3.89. The molecule has 5 N–H and O–H groups in total. The lowest BCUT2D eigenvalue weighted by Crippen LogP contribution is -2.41. The van der Waals surface area contributed by atoms with Crippen LogP contribution in [-0.4, -0.2) is 42.5 Å². The van der Waals surface area contributed by atoms with Crippen molar-refractivity contribution in [1.29, 1.82) is 0 Å². The van der Waals surface area contributed by atoms with Gasteiger partial charge in [0.2, 0.25) is 10.0 Å². The summed E-state index contributed by atoms with van der Waals surface area (Å²) in [5.74, 6) is -3.31. The van der Waals surface area contributed by atoms with Crippen LogP contribution in [0, 0.1) is 0 Å². The molecule has 0 aromatic heterocycles. The molecule has 1 amide bonds. The van der Waals surface area contributed by atoms with Crippen molar-refractivity contribution in [2.24, 2.45) is 5.14 Å². The molecule has 0 radical (unpaired) electrons. The zero-order valence-electron chi connectivity index (χ0n) is 11.2. The molecule has 0 aliphatic rings. The molecule has 1 aromatic carbocycles. The predicted molar refractivity (Wildman–Crippen MR) is 73.6 cm³/mol. The third-order valence-corrected chi connectivity index (χ3v) is 3.62. The monoisotopic (exact) mass is 330 g/mol. The Balaban J connectivity index is 2.82. The number of amides is 1. The van der Waals surface area contributed by atoms with Crippen LogP contribution >= 0.6 is 0 Å². The Labute approximate surface area is 125 Å². The molecule has 0 aliphatic carbocycles. The Kier molecular flexibility index (Phi) is 5.60. The van der Waals surface area contributed by atoms with Crippen LogP contribution < -0.4 is 10.5 Å². The molecule has 0 saturated carbocycles. The molecular weight excluding hydrogens is 316 g/mol. The number of carboxylic acid groups (broad SMARTS) is 2. The smallest absolute Gasteiger partial charge is 0.326 e. The number of hydrogen-bond acceptors (Lipinski definition) is 5. The topological polar surface area (TPSA) is 164 Å². The SMILES string of the molecule is NS(=O)(=O)c1ccc(C(=O)N[C@@H](CCC(=O)O)C(=O)O)cc1. The molecule has 1 atom stereocenters. The van der Waals surface area contributed by atoms with Gasteiger partial charge in [-0.2, -0.15) is 0 Å². The summed E-state index contributed by atoms with van der Waals surface area (Å²) in [5.41, 5.74) is 0.0222. The van der Waals surface area contributed by atoms with Crippen LogP contribution in [0.4, 0.5) is 0 Å². The molecule has 22 heavy (non-hydrogen) atoms. The molecule has 0 bridgehead atoms. The minimum absolute atomic E-state index is 0.0222. The molecule has 0 saturated heterocycles. The second-order valence-electron chi connectivity index (χ2n) is 4.37. The van der Waals surface area contributed by atoms with Crippen molar-refractivity contribution in [2.75, 3.05) is 0 Å². The molecule has 9 nitrogen and oxygen atoms in total. The van der Waals surface area contributed by atoms with E-state index in [-0.39, 0.29) is 16.9 Å². The van der Waals surface area contributed by atoms with E-state index in [1.54, 1.807) is 0 Å². The van der Waals surface area contributed by atoms with Gasteiger partial charge in [-0.05, 0) is 30.7 Å². The molecule has 0 fully saturated rings. The molecule has 120 valence electrons. The van der Waals surface area contributed by atoms with Crippen molar-refractivity contribution >= 4 is 27.9 Å². The van der Waals surface area contributed by atoms with Crippen molar-refractivity contribution in [1.82, 2.24) is 5.32 Å². The van der Waals surface area contributed by atoms with E-state index in [0.29, 0.717) is 0 Å². The van der Waals surface area contributed by atoms with Crippen molar-refractivity contribution in [2.45, 2.75) is 23.8 Å². The van der Waals surface area contributed by atoms with Crippen molar-refractivity contribution in [3.05, 3.63) is 29.8 Å². The van der Waals surface area contributed by atoms with Gasteiger partial charge < -0.3 is 15.5 Å². The summed E-state index contributed by atoms with van der Waals surface area (Å²) >= 11 is 0. The van der Waals surface area contributed by atoms with Crippen LogP contribution in [0.2, 0.25) is 0 Å². The summed E-state index contributed by atoms with van der Waals surface area (Å²) in [6.07, 6.45) is -0.687. The molecule has 1 aromatic rings. The fourth-order valence-corrected chi connectivity index (χ4v) is 2.08. The van der Waals surface area contributed by atoms with E-state index in [1.807, 2.05) is 0 Å². The maximum Gasteiger partial charge on any atom is 0.326 e. The molecular formula is C12H14N2O7S. The summed E-state index contributed by atoms with van der Waals surface area (Å²) in [6, 6.07) is 3.20. The van der Waals surface area contributed by atoms with Crippen LogP contribution in [0.5, 0.6) is 0 Å². The van der Waals surface area contributed by atoms with E-state index in [2.05, 4.69) is 5.32 Å². The number of sulfonamides is 1. The lowest BCUT2D eigenvalue weighted by molar-refractivity contribution is -0.140. The summed E-state index contributed by atoms with van der Waals surface area (Å²) < 4.78 is 22.1. The second kappa shape index (κ2) is 7.00. The highest BCUT2D eigenvalue weighted by molar-refractivity contribution is 7.89. The van der Waals surface area contributed by atoms with Gasteiger partial charge in [0.25, 0.3) is 5.91 Å². The van der Waals surface area contributed by atoms with E-state index in [4.69, 9.17) is 15.4 Å². The average Bonchev–Trinajstić information content (AvgIpc) is 2.41. The molecule has 0 unspecified atom stereocenters. The molecule has 0 heterocycles. The Bertz CT molecular complexity index is 682. The highest BCUT2D eigenvalue weighted by Gasteiger charge is 2.21. The summed E-state index contributed by atoms with van der Waals surface area (Å²) in [4.78, 5) is 33.1. The minimum Gasteiger partial charge on any atom is -0.481 e. The standard InChI is InChI=1S/C12H14N2O7S/c13-22(20,21)8-3-1-7(2-4-8)11(17)14-9(12(18)19)5-6-10(15)16/h1-4,9H,5-6H2,(H,14,17)(H,15,16)(H,18,19)(H2,13,20,21)/t9-/m0/s1. The molecule has 0 aliphatic heterocycles. The predicted octanol–water partition coefficient (Wildman–Crippen LogP) is -0.618. The minimum atomic E-state index is -3.89. The van der Waals surface area contributed by atoms with Crippen molar-refractivity contribution in [3.63, 3.8) is 0 Å². The Morgan fingerprint density at radius 3 is 2.09 bits per heavy atom. The third kappa shape index (κ3) is 5.14. The Hall–Kier alpha value is -2.46. The van der Waals surface area contributed by atoms with Gasteiger partial charge in [-0.25, -0.2) is 18.4 Å². The number of rotatable bonds is 7. The van der Waals surface area contributed by atoms with Crippen LogP contribution in [-0.2, 0) is 19.6 Å². The highest BCUT2D eigenvalue weighted by Crippen LogP contribution is 2.09. The number of primary sulfonamides is 1. The Morgan fingerprint density at radius 2 is 1.68 bits per heavy atom. The number of hydrogen-bond donors (Lipinski definition) is 4. The molecule has 0 spiro atoms. The van der Waals surface area contributed by atoms with Crippen LogP contribution in [0.15, 0.2) is 29.2 Å². The Morgan fingerprint density at radius 1 is 1.14 bits per heavy atom. The number of benzene rings is 1. The number of carbonyl (C=O) groups is 3. The van der Waals surface area contributed by atoms with Gasteiger partial charge in [-0.3, -0.25) is 9.59 Å². The molecule has 10 heteroatoms. The van der Waals surface area contributed by atoms with E-state index in [9.17, 15) is 22.8 Å². The zero-order chi connectivity index (χ0) is 16.9. The van der Waals surface area contributed by atoms with Crippen LogP contribution in [0.25, 0.3) is 0 Å². The van der Waals surface area contributed by atoms with Gasteiger partial charge in [-0.1, -0.05) is 0 Å². The summed E-state index contributed by atoms with van der Waals surface area (Å²) in [5, 5.41) is 24.5. The van der Waals surface area contributed by atoms with Crippen LogP contribution in [0.3, 0.4) is 0 Å². The quantitative estimate of drug-likeness (QED) is 0.517. The van der Waals surface area contributed by atoms with Crippen molar-refractivity contribution in [3.8, 4) is 0 Å². The fraction of sp³-hybridized carbons (Fsp3) is 0.250. The van der Waals surface area contributed by atoms with Crippen LogP contribution in [0.1, 0.15) is 23.2 Å². The lowest BCUT2D eigenvalue weighted by atomic mass is 10.1. The largest absolute Gasteiger partial charge is 0.481 e. The van der Waals surface area contributed by atoms with Gasteiger partial charge >= 0.3 is 11.9 Å². The van der Waals surface area contributed by atoms with Gasteiger partial charge in [0.1, 0.15) is 6.04 Å². The zero-order valence-corrected chi connectivity index (χ0v) is 12.0. The number of carboxylic acids is 2. The number of nitrogens with one attached hydrogen (secondary N) is 1. The maximum atomic E-state index is 11.9. The highest BCUT2D eigenvalue weighted by atomic mass is 32.2. The van der Waals surface area contributed by atoms with Gasteiger partial charge in [0.05, 0.1) is 4.90 Å². The lowest BCUT2D eigenvalue weighted by Gasteiger charge is -2.13. The first-order chi connectivity index (χ1) is 10.1. The first-order valence-corrected chi connectivity index (χ1v) is 7.54. The number of aliphatic carboxylic acids is 2. The normalized spacial score (nSPS) is 12.4.